The molecule has 1 aromatic rings. The summed E-state index contributed by atoms with van der Waals surface area (Å²) in [5.41, 5.74) is 0. The molecule has 122 valence electrons. The van der Waals surface area contributed by atoms with Gasteiger partial charge in [-0.05, 0) is 18.6 Å². The molecule has 0 spiro atoms. The van der Waals surface area contributed by atoms with Crippen molar-refractivity contribution in [1.82, 2.24) is 10.2 Å². The molecule has 0 heterocycles. The van der Waals surface area contributed by atoms with Crippen LogP contribution < -0.4 is 10.1 Å². The standard InChI is InChI=1S/C17H26N2O3/c1-3-4-12-19(15(2)20)13-11-18-17(21)10-14-22-16-8-6-5-7-9-16/h5-9H,3-4,10-14H2,1-2H3,(H,18,21). The van der Waals surface area contributed by atoms with E-state index in [1.165, 1.54) is 0 Å². The Hall–Kier alpha value is -2.04. The minimum Gasteiger partial charge on any atom is -0.493 e. The number of para-hydroxylation sites is 1. The summed E-state index contributed by atoms with van der Waals surface area (Å²) < 4.78 is 5.47. The van der Waals surface area contributed by atoms with E-state index in [1.54, 1.807) is 11.8 Å². The highest BCUT2D eigenvalue weighted by Crippen LogP contribution is 2.08. The Morgan fingerprint density at radius 3 is 2.55 bits per heavy atom. The van der Waals surface area contributed by atoms with Crippen molar-refractivity contribution in [2.45, 2.75) is 33.1 Å². The van der Waals surface area contributed by atoms with Crippen molar-refractivity contribution in [3.63, 3.8) is 0 Å². The lowest BCUT2D eigenvalue weighted by molar-refractivity contribution is -0.129. The third-order valence-electron chi connectivity index (χ3n) is 3.27. The molecule has 0 saturated heterocycles. The van der Waals surface area contributed by atoms with Crippen LogP contribution in [0.4, 0.5) is 0 Å². The summed E-state index contributed by atoms with van der Waals surface area (Å²) in [6, 6.07) is 9.41. The number of unbranched alkanes of at least 4 members (excludes halogenated alkanes) is 1. The summed E-state index contributed by atoms with van der Waals surface area (Å²) in [6.07, 6.45) is 2.34. The number of rotatable bonds is 10. The average Bonchev–Trinajstić information content (AvgIpc) is 2.51. The number of benzene rings is 1. The summed E-state index contributed by atoms with van der Waals surface area (Å²) >= 11 is 0. The van der Waals surface area contributed by atoms with Gasteiger partial charge < -0.3 is 15.0 Å². The van der Waals surface area contributed by atoms with Gasteiger partial charge in [0, 0.05) is 26.6 Å². The highest BCUT2D eigenvalue weighted by atomic mass is 16.5. The number of nitrogens with zero attached hydrogens (tertiary/aromatic N) is 1. The molecule has 5 nitrogen and oxygen atoms in total. The third-order valence-corrected chi connectivity index (χ3v) is 3.27. The van der Waals surface area contributed by atoms with E-state index in [0.717, 1.165) is 25.1 Å². The SMILES string of the molecule is CCCCN(CCNC(=O)CCOc1ccccc1)C(C)=O. The molecule has 0 saturated carbocycles. The van der Waals surface area contributed by atoms with Crippen molar-refractivity contribution in [2.24, 2.45) is 0 Å². The van der Waals surface area contributed by atoms with E-state index in [-0.39, 0.29) is 11.8 Å². The largest absolute Gasteiger partial charge is 0.493 e. The molecule has 0 aromatic heterocycles. The van der Waals surface area contributed by atoms with E-state index in [4.69, 9.17) is 4.74 Å². The lowest BCUT2D eigenvalue weighted by Crippen LogP contribution is -2.38. The molecule has 0 atom stereocenters. The van der Waals surface area contributed by atoms with Crippen molar-refractivity contribution >= 4 is 11.8 Å². The molecule has 0 radical (unpaired) electrons. The van der Waals surface area contributed by atoms with Crippen LogP contribution in [0.15, 0.2) is 30.3 Å². The fourth-order valence-corrected chi connectivity index (χ4v) is 1.97. The van der Waals surface area contributed by atoms with Crippen LogP contribution in [0.3, 0.4) is 0 Å². The number of hydrogen-bond acceptors (Lipinski definition) is 3. The Kier molecular flexibility index (Phi) is 8.72. The van der Waals surface area contributed by atoms with Crippen molar-refractivity contribution in [1.29, 1.82) is 0 Å². The molecule has 1 rings (SSSR count). The predicted molar refractivity (Wildman–Crippen MR) is 86.7 cm³/mol. The Balaban J connectivity index is 2.15. The number of amides is 2. The van der Waals surface area contributed by atoms with Crippen LogP contribution in [-0.2, 0) is 9.59 Å². The molecule has 1 N–H and O–H groups in total. The Morgan fingerprint density at radius 2 is 1.91 bits per heavy atom. The second-order valence-corrected chi connectivity index (χ2v) is 5.12. The van der Waals surface area contributed by atoms with Gasteiger partial charge in [0.1, 0.15) is 5.75 Å². The molecule has 2 amide bonds. The van der Waals surface area contributed by atoms with Gasteiger partial charge in [-0.15, -0.1) is 0 Å². The van der Waals surface area contributed by atoms with Crippen molar-refractivity contribution < 1.29 is 14.3 Å². The molecule has 0 aliphatic carbocycles. The number of carbonyl (C=O) groups is 2. The number of ether oxygens (including phenoxy) is 1. The fraction of sp³-hybridized carbons (Fsp3) is 0.529. The molecule has 0 bridgehead atoms. The van der Waals surface area contributed by atoms with E-state index in [1.807, 2.05) is 30.3 Å². The van der Waals surface area contributed by atoms with Crippen molar-refractivity contribution in [3.8, 4) is 5.75 Å². The van der Waals surface area contributed by atoms with Crippen molar-refractivity contribution in [3.05, 3.63) is 30.3 Å². The zero-order chi connectivity index (χ0) is 16.2. The Labute approximate surface area is 132 Å². The van der Waals surface area contributed by atoms with Gasteiger partial charge in [0.25, 0.3) is 0 Å². The summed E-state index contributed by atoms with van der Waals surface area (Å²) in [5.74, 6) is 0.752. The van der Waals surface area contributed by atoms with Crippen LogP contribution >= 0.6 is 0 Å². The smallest absolute Gasteiger partial charge is 0.223 e. The molecule has 0 aliphatic heterocycles. The average molecular weight is 306 g/mol. The minimum absolute atomic E-state index is 0.0510. The maximum absolute atomic E-state index is 11.7. The van der Waals surface area contributed by atoms with Crippen LogP contribution in [-0.4, -0.2) is 43.0 Å². The van der Waals surface area contributed by atoms with Gasteiger partial charge in [0.2, 0.25) is 11.8 Å². The molecule has 0 aliphatic rings. The highest BCUT2D eigenvalue weighted by Gasteiger charge is 2.08. The lowest BCUT2D eigenvalue weighted by atomic mass is 10.3. The zero-order valence-corrected chi connectivity index (χ0v) is 13.5. The maximum atomic E-state index is 11.7. The number of hydrogen-bond donors (Lipinski definition) is 1. The van der Waals surface area contributed by atoms with Gasteiger partial charge in [0.15, 0.2) is 0 Å². The van der Waals surface area contributed by atoms with Crippen LogP contribution in [0.1, 0.15) is 33.1 Å². The molecule has 5 heteroatoms. The van der Waals surface area contributed by atoms with Crippen LogP contribution in [0.5, 0.6) is 5.75 Å². The minimum atomic E-state index is -0.0603. The van der Waals surface area contributed by atoms with E-state index in [2.05, 4.69) is 12.2 Å². The van der Waals surface area contributed by atoms with Gasteiger partial charge in [-0.25, -0.2) is 0 Å². The first kappa shape index (κ1) is 18.0. The van der Waals surface area contributed by atoms with E-state index in [9.17, 15) is 9.59 Å². The topological polar surface area (TPSA) is 58.6 Å². The second kappa shape index (κ2) is 10.7. The highest BCUT2D eigenvalue weighted by molar-refractivity contribution is 5.76. The summed E-state index contributed by atoms with van der Waals surface area (Å²) in [7, 11) is 0. The van der Waals surface area contributed by atoms with Crippen molar-refractivity contribution in [2.75, 3.05) is 26.2 Å². The molecule has 0 fully saturated rings. The van der Waals surface area contributed by atoms with E-state index in [0.29, 0.717) is 26.1 Å². The van der Waals surface area contributed by atoms with Crippen LogP contribution in [0, 0.1) is 0 Å². The first-order valence-electron chi connectivity index (χ1n) is 7.83. The number of nitrogens with one attached hydrogen (secondary N) is 1. The fourth-order valence-electron chi connectivity index (χ4n) is 1.97. The second-order valence-electron chi connectivity index (χ2n) is 5.12. The van der Waals surface area contributed by atoms with Gasteiger partial charge in [-0.1, -0.05) is 31.5 Å². The van der Waals surface area contributed by atoms with E-state index < -0.39 is 0 Å². The molecule has 22 heavy (non-hydrogen) atoms. The maximum Gasteiger partial charge on any atom is 0.223 e. The normalized spacial score (nSPS) is 10.1. The first-order valence-corrected chi connectivity index (χ1v) is 7.83. The first-order chi connectivity index (χ1) is 10.6. The third kappa shape index (κ3) is 7.67. The Bertz CT molecular complexity index is 448. The van der Waals surface area contributed by atoms with Gasteiger partial charge >= 0.3 is 0 Å². The zero-order valence-electron chi connectivity index (χ0n) is 13.5. The van der Waals surface area contributed by atoms with Crippen LogP contribution in [0.2, 0.25) is 0 Å². The van der Waals surface area contributed by atoms with Gasteiger partial charge in [0.05, 0.1) is 13.0 Å². The molecule has 0 unspecified atom stereocenters. The summed E-state index contributed by atoms with van der Waals surface area (Å²) in [5, 5.41) is 2.82. The Morgan fingerprint density at radius 1 is 1.18 bits per heavy atom. The predicted octanol–water partition coefficient (Wildman–Crippen LogP) is 2.22. The molecule has 1 aromatic carbocycles. The summed E-state index contributed by atoms with van der Waals surface area (Å²) in [6.45, 7) is 5.78. The quantitative estimate of drug-likeness (QED) is 0.721. The monoisotopic (exact) mass is 306 g/mol. The van der Waals surface area contributed by atoms with Gasteiger partial charge in [-0.3, -0.25) is 9.59 Å². The molecular weight excluding hydrogens is 280 g/mol. The lowest BCUT2D eigenvalue weighted by Gasteiger charge is -2.20. The van der Waals surface area contributed by atoms with E-state index >= 15 is 0 Å². The molecular formula is C17H26N2O3. The number of carbonyl (C=O) groups excluding carboxylic acids is 2. The summed E-state index contributed by atoms with van der Waals surface area (Å²) in [4.78, 5) is 24.9. The van der Waals surface area contributed by atoms with Gasteiger partial charge in [-0.2, -0.15) is 0 Å². The van der Waals surface area contributed by atoms with Crippen LogP contribution in [0.25, 0.3) is 0 Å².